The number of azide groups is 1. The van der Waals surface area contributed by atoms with Crippen molar-refractivity contribution in [3.05, 3.63) is 22.6 Å². The number of aliphatic hydroxyl groups excluding tert-OH is 2. The monoisotopic (exact) mass is 445 g/mol. The summed E-state index contributed by atoms with van der Waals surface area (Å²) in [5, 5.41) is 27.7. The summed E-state index contributed by atoms with van der Waals surface area (Å²) in [4.78, 5) is 17.0. The predicted octanol–water partition coefficient (Wildman–Crippen LogP) is 2.46. The molecule has 7 fully saturated rings. The van der Waals surface area contributed by atoms with Gasteiger partial charge in [0.1, 0.15) is 11.5 Å². The van der Waals surface area contributed by atoms with E-state index >= 15 is 0 Å². The van der Waals surface area contributed by atoms with Crippen LogP contribution in [-0.2, 0) is 19.0 Å². The third-order valence-electron chi connectivity index (χ3n) is 9.79. The highest BCUT2D eigenvalue weighted by atomic mass is 16.8. The average Bonchev–Trinajstić information content (AvgIpc) is 2.82. The minimum Gasteiger partial charge on any atom is -0.392 e. The fourth-order valence-corrected chi connectivity index (χ4v) is 9.19. The first kappa shape index (κ1) is 21.1. The molecule has 3 aliphatic heterocycles. The molecule has 0 aromatic heterocycles. The Morgan fingerprint density at radius 3 is 2.59 bits per heavy atom. The minimum atomic E-state index is -1.58. The quantitative estimate of drug-likeness (QED) is 0.276. The van der Waals surface area contributed by atoms with E-state index in [2.05, 4.69) is 16.6 Å². The zero-order chi connectivity index (χ0) is 23.1. The summed E-state index contributed by atoms with van der Waals surface area (Å²) >= 11 is 0. The Labute approximate surface area is 186 Å². The zero-order valence-electron chi connectivity index (χ0n) is 18.9. The fraction of sp³-hybridized carbons (Fsp3) is 0.870. The lowest BCUT2D eigenvalue weighted by atomic mass is 9.35. The molecule has 32 heavy (non-hydrogen) atoms. The highest BCUT2D eigenvalue weighted by molar-refractivity contribution is 6.05. The van der Waals surface area contributed by atoms with Crippen LogP contribution in [0, 0.1) is 34.0 Å². The molecule has 0 aromatic carbocycles. The van der Waals surface area contributed by atoms with Gasteiger partial charge in [0.2, 0.25) is 5.79 Å². The molecule has 4 bridgehead atoms. The summed E-state index contributed by atoms with van der Waals surface area (Å²) in [6, 6.07) is -0.679. The number of ketones is 1. The van der Waals surface area contributed by atoms with Gasteiger partial charge >= 0.3 is 0 Å². The van der Waals surface area contributed by atoms with E-state index in [1.807, 2.05) is 13.8 Å². The van der Waals surface area contributed by atoms with Gasteiger partial charge in [-0.05, 0) is 55.5 Å². The van der Waals surface area contributed by atoms with Gasteiger partial charge in [-0.2, -0.15) is 0 Å². The molecule has 2 N–H and O–H groups in total. The second-order valence-corrected chi connectivity index (χ2v) is 11.9. The topological polar surface area (TPSA) is 134 Å². The van der Waals surface area contributed by atoms with Gasteiger partial charge < -0.3 is 24.4 Å². The van der Waals surface area contributed by atoms with Gasteiger partial charge in [0.25, 0.3) is 0 Å². The van der Waals surface area contributed by atoms with E-state index in [1.54, 1.807) is 13.8 Å². The predicted molar refractivity (Wildman–Crippen MR) is 111 cm³/mol. The van der Waals surface area contributed by atoms with Crippen molar-refractivity contribution >= 4 is 5.78 Å². The van der Waals surface area contributed by atoms with Crippen molar-refractivity contribution in [3.63, 3.8) is 0 Å². The largest absolute Gasteiger partial charge is 0.392 e. The van der Waals surface area contributed by atoms with Crippen LogP contribution < -0.4 is 0 Å². The molecule has 7 aliphatic rings. The summed E-state index contributed by atoms with van der Waals surface area (Å²) in [5.74, 6) is -3.76. The molecule has 174 valence electrons. The van der Waals surface area contributed by atoms with Crippen molar-refractivity contribution in [1.82, 2.24) is 0 Å². The lowest BCUT2D eigenvalue weighted by Gasteiger charge is -2.78. The molecule has 9 heteroatoms. The van der Waals surface area contributed by atoms with Crippen molar-refractivity contribution in [3.8, 4) is 0 Å². The number of carbonyl (C=O) groups is 1. The second-order valence-electron chi connectivity index (χ2n) is 11.9. The number of aliphatic hydroxyl groups is 2. The molecule has 9 nitrogen and oxygen atoms in total. The summed E-state index contributed by atoms with van der Waals surface area (Å²) < 4.78 is 19.3. The second kappa shape index (κ2) is 5.77. The van der Waals surface area contributed by atoms with Gasteiger partial charge in [-0.3, -0.25) is 4.79 Å². The standard InChI is InChI=1S/C23H31N3O6/c1-10-11-6-7-13-21-9-30-23(22(13,15(10)27)18(11)31-20(4,5)32-23)17(29)14(21)19(2,3)8-12(16(21)28)25-26-24/h11-14,16-18,28-29H,1,6-9H2,2-5H3/t11-,12-,13-,14+,16+,17-,18+,21-,22-,23?/m0/s1. The van der Waals surface area contributed by atoms with Crippen molar-refractivity contribution in [2.45, 2.75) is 82.9 Å². The molecule has 7 rings (SSSR count). The first-order chi connectivity index (χ1) is 14.9. The SMILES string of the molecule is C=C1C(=O)[C@@]23[C@@H]4OC(C)(C)OC25OC[C@]2([C@H](O)[C@@H](N=[N+]=[N-])CC(C)(C)[C@H]2[C@@H]5O)[C@@H]3CC[C@@H]14. The van der Waals surface area contributed by atoms with E-state index in [0.29, 0.717) is 24.8 Å². The summed E-state index contributed by atoms with van der Waals surface area (Å²) in [7, 11) is 0. The highest BCUT2D eigenvalue weighted by Gasteiger charge is 2.90. The van der Waals surface area contributed by atoms with Crippen LogP contribution in [0.3, 0.4) is 0 Å². The van der Waals surface area contributed by atoms with Crippen molar-refractivity contribution in [1.29, 1.82) is 0 Å². The minimum absolute atomic E-state index is 0.121. The third-order valence-corrected chi connectivity index (χ3v) is 9.79. The maximum atomic E-state index is 14.0. The van der Waals surface area contributed by atoms with Crippen LogP contribution in [0.4, 0.5) is 0 Å². The van der Waals surface area contributed by atoms with Gasteiger partial charge in [0.15, 0.2) is 11.6 Å². The molecular weight excluding hydrogens is 414 g/mol. The molecule has 0 amide bonds. The van der Waals surface area contributed by atoms with Crippen LogP contribution in [0.15, 0.2) is 17.3 Å². The van der Waals surface area contributed by atoms with Crippen LogP contribution in [-0.4, -0.2) is 58.5 Å². The Kier molecular flexibility index (Phi) is 3.80. The zero-order valence-corrected chi connectivity index (χ0v) is 18.9. The molecule has 3 saturated heterocycles. The molecule has 0 aromatic rings. The van der Waals surface area contributed by atoms with E-state index in [9.17, 15) is 20.5 Å². The van der Waals surface area contributed by atoms with E-state index < -0.39 is 58.1 Å². The first-order valence-electron chi connectivity index (χ1n) is 11.6. The number of hydrogen-bond acceptors (Lipinski definition) is 7. The Hall–Kier alpha value is -1.48. The fourth-order valence-electron chi connectivity index (χ4n) is 9.19. The summed E-state index contributed by atoms with van der Waals surface area (Å²) in [6.45, 7) is 11.9. The molecule has 3 heterocycles. The number of nitrogens with zero attached hydrogens (tertiary/aromatic N) is 3. The maximum Gasteiger partial charge on any atom is 0.213 e. The molecule has 3 spiro atoms. The Morgan fingerprint density at radius 1 is 1.19 bits per heavy atom. The molecule has 4 saturated carbocycles. The van der Waals surface area contributed by atoms with Crippen molar-refractivity contribution < 1.29 is 29.2 Å². The normalized spacial score (nSPS) is 56.2. The van der Waals surface area contributed by atoms with Gasteiger partial charge in [0.05, 0.1) is 24.9 Å². The third kappa shape index (κ3) is 1.90. The average molecular weight is 446 g/mol. The van der Waals surface area contributed by atoms with Crippen molar-refractivity contribution in [2.24, 2.45) is 39.1 Å². The Morgan fingerprint density at radius 2 is 1.91 bits per heavy atom. The van der Waals surface area contributed by atoms with E-state index in [1.165, 1.54) is 0 Å². The van der Waals surface area contributed by atoms with E-state index in [0.717, 1.165) is 0 Å². The number of hydrogen-bond donors (Lipinski definition) is 2. The lowest BCUT2D eigenvalue weighted by Crippen LogP contribution is -2.89. The smallest absolute Gasteiger partial charge is 0.213 e. The first-order valence-corrected chi connectivity index (χ1v) is 11.6. The number of ether oxygens (including phenoxy) is 3. The summed E-state index contributed by atoms with van der Waals surface area (Å²) in [6.07, 6.45) is -0.986. The molecule has 4 aliphatic carbocycles. The van der Waals surface area contributed by atoms with Gasteiger partial charge in [-0.15, -0.1) is 0 Å². The molecule has 1 unspecified atom stereocenters. The Bertz CT molecular complexity index is 990. The molecule has 0 radical (unpaired) electrons. The van der Waals surface area contributed by atoms with Crippen LogP contribution in [0.2, 0.25) is 0 Å². The number of carbonyl (C=O) groups excluding carboxylic acids is 1. The van der Waals surface area contributed by atoms with Gasteiger partial charge in [-0.25, -0.2) is 0 Å². The summed E-state index contributed by atoms with van der Waals surface area (Å²) in [5.41, 5.74) is 6.92. The van der Waals surface area contributed by atoms with E-state index in [-0.39, 0.29) is 24.2 Å². The van der Waals surface area contributed by atoms with E-state index in [4.69, 9.17) is 14.2 Å². The maximum absolute atomic E-state index is 14.0. The van der Waals surface area contributed by atoms with Crippen molar-refractivity contribution in [2.75, 3.05) is 6.61 Å². The number of fused-ring (bicyclic) bond motifs is 1. The van der Waals surface area contributed by atoms with Crippen LogP contribution >= 0.6 is 0 Å². The number of Topliss-reactive ketones (excluding diaryl/α,β-unsaturated/α-hetero) is 1. The van der Waals surface area contributed by atoms with Gasteiger partial charge in [-0.1, -0.05) is 25.5 Å². The number of rotatable bonds is 1. The van der Waals surface area contributed by atoms with Crippen LogP contribution in [0.25, 0.3) is 10.4 Å². The molecular formula is C23H31N3O6. The van der Waals surface area contributed by atoms with Gasteiger partial charge in [0, 0.05) is 22.2 Å². The van der Waals surface area contributed by atoms with Crippen LogP contribution in [0.5, 0.6) is 0 Å². The molecule has 10 atom stereocenters. The highest BCUT2D eigenvalue weighted by Crippen LogP contribution is 2.79. The van der Waals surface area contributed by atoms with Crippen LogP contribution in [0.1, 0.15) is 47.0 Å². The Balaban J connectivity index is 1.66. The lowest BCUT2D eigenvalue weighted by molar-refractivity contribution is -0.535.